The van der Waals surface area contributed by atoms with E-state index >= 15 is 0 Å². The van der Waals surface area contributed by atoms with Crippen LogP contribution >= 0.6 is 0 Å². The summed E-state index contributed by atoms with van der Waals surface area (Å²) in [6, 6.07) is 8.16. The Morgan fingerprint density at radius 2 is 2.08 bits per heavy atom. The highest BCUT2D eigenvalue weighted by Crippen LogP contribution is 2.27. The molecule has 0 amide bonds. The van der Waals surface area contributed by atoms with E-state index in [1.165, 1.54) is 12.8 Å². The van der Waals surface area contributed by atoms with Crippen molar-refractivity contribution in [2.45, 2.75) is 12.8 Å². The van der Waals surface area contributed by atoms with Crippen LogP contribution in [0.5, 0.6) is 0 Å². The van der Waals surface area contributed by atoms with Gasteiger partial charge in [0.2, 0.25) is 0 Å². The fourth-order valence-corrected chi connectivity index (χ4v) is 1.22. The smallest absolute Gasteiger partial charge is 0.0496 e. The highest BCUT2D eigenvalue weighted by Gasteiger charge is 2.17. The van der Waals surface area contributed by atoms with Crippen LogP contribution in [0.25, 0.3) is 0 Å². The van der Waals surface area contributed by atoms with Crippen molar-refractivity contribution in [2.75, 3.05) is 12.4 Å². The Hall–Kier alpha value is -1.42. The Morgan fingerprint density at radius 3 is 2.77 bits per heavy atom. The first-order valence-corrected chi connectivity index (χ1v) is 4.68. The Bertz CT molecular complexity index is 353. The molecule has 1 fully saturated rings. The second kappa shape index (κ2) is 3.53. The van der Waals surface area contributed by atoms with E-state index in [-0.39, 0.29) is 0 Å². The summed E-state index contributed by atoms with van der Waals surface area (Å²) in [4.78, 5) is 0. The van der Waals surface area contributed by atoms with Crippen LogP contribution in [-0.4, -0.2) is 7.05 Å². The number of rotatable bonds is 1. The number of anilines is 1. The molecule has 0 saturated heterocycles. The van der Waals surface area contributed by atoms with Crippen molar-refractivity contribution in [2.24, 2.45) is 5.92 Å². The molecular weight excluding hydrogens is 158 g/mol. The molecule has 1 aliphatic rings. The molecule has 66 valence electrons. The van der Waals surface area contributed by atoms with Crippen LogP contribution < -0.4 is 5.32 Å². The summed E-state index contributed by atoms with van der Waals surface area (Å²) in [5, 5.41) is 3.14. The summed E-state index contributed by atoms with van der Waals surface area (Å²) < 4.78 is 0. The zero-order chi connectivity index (χ0) is 9.10. The fourth-order valence-electron chi connectivity index (χ4n) is 1.22. The predicted octanol–water partition coefficient (Wildman–Crippen LogP) is 2.49. The van der Waals surface area contributed by atoms with Crippen LogP contribution in [0.2, 0.25) is 0 Å². The van der Waals surface area contributed by atoms with Gasteiger partial charge in [0.1, 0.15) is 0 Å². The average Bonchev–Trinajstić information content (AvgIpc) is 2.99. The largest absolute Gasteiger partial charge is 0.387 e. The van der Waals surface area contributed by atoms with Gasteiger partial charge in [-0.1, -0.05) is 24.0 Å². The molecule has 1 heteroatoms. The molecule has 0 bridgehead atoms. The minimum atomic E-state index is 0.671. The molecule has 1 aromatic carbocycles. The maximum Gasteiger partial charge on any atom is 0.0496 e. The lowest BCUT2D eigenvalue weighted by atomic mass is 10.2. The quantitative estimate of drug-likeness (QED) is 0.640. The molecule has 1 aromatic rings. The second-order valence-electron chi connectivity index (χ2n) is 3.34. The number of nitrogens with one attached hydrogen (secondary N) is 1. The first kappa shape index (κ1) is 8.19. The van der Waals surface area contributed by atoms with Gasteiger partial charge >= 0.3 is 0 Å². The molecule has 1 N–H and O–H groups in total. The van der Waals surface area contributed by atoms with Crippen LogP contribution in [0.4, 0.5) is 5.69 Å². The monoisotopic (exact) mass is 171 g/mol. The van der Waals surface area contributed by atoms with Crippen molar-refractivity contribution in [3.63, 3.8) is 0 Å². The summed E-state index contributed by atoms with van der Waals surface area (Å²) in [5.41, 5.74) is 2.23. The summed E-state index contributed by atoms with van der Waals surface area (Å²) >= 11 is 0. The molecular formula is C12H13N. The molecule has 0 spiro atoms. The van der Waals surface area contributed by atoms with E-state index in [1.54, 1.807) is 0 Å². The molecule has 1 saturated carbocycles. The zero-order valence-corrected chi connectivity index (χ0v) is 7.80. The minimum Gasteiger partial charge on any atom is -0.387 e. The Labute approximate surface area is 79.2 Å². The topological polar surface area (TPSA) is 12.0 Å². The van der Waals surface area contributed by atoms with E-state index in [2.05, 4.69) is 29.3 Å². The average molecular weight is 171 g/mol. The van der Waals surface area contributed by atoms with Gasteiger partial charge in [0.05, 0.1) is 0 Å². The lowest BCUT2D eigenvalue weighted by molar-refractivity contribution is 1.18. The van der Waals surface area contributed by atoms with E-state index in [9.17, 15) is 0 Å². The predicted molar refractivity (Wildman–Crippen MR) is 55.6 cm³/mol. The van der Waals surface area contributed by atoms with Gasteiger partial charge in [0.25, 0.3) is 0 Å². The van der Waals surface area contributed by atoms with Crippen molar-refractivity contribution in [3.05, 3.63) is 29.8 Å². The van der Waals surface area contributed by atoms with Crippen LogP contribution in [0.1, 0.15) is 18.4 Å². The van der Waals surface area contributed by atoms with Gasteiger partial charge < -0.3 is 5.32 Å². The summed E-state index contributed by atoms with van der Waals surface area (Å²) in [7, 11) is 1.93. The normalized spacial score (nSPS) is 14.5. The van der Waals surface area contributed by atoms with Crippen molar-refractivity contribution < 1.29 is 0 Å². The van der Waals surface area contributed by atoms with E-state index in [0.717, 1.165) is 11.3 Å². The molecule has 13 heavy (non-hydrogen) atoms. The van der Waals surface area contributed by atoms with E-state index in [0.29, 0.717) is 5.92 Å². The van der Waals surface area contributed by atoms with Gasteiger partial charge in [0, 0.05) is 24.2 Å². The first-order chi connectivity index (χ1) is 6.40. The first-order valence-electron chi connectivity index (χ1n) is 4.68. The lowest BCUT2D eigenvalue weighted by Crippen LogP contribution is -1.90. The molecule has 1 aliphatic carbocycles. The minimum absolute atomic E-state index is 0.671. The van der Waals surface area contributed by atoms with E-state index < -0.39 is 0 Å². The third kappa shape index (κ3) is 2.03. The van der Waals surface area contributed by atoms with Gasteiger partial charge in [-0.25, -0.2) is 0 Å². The maximum absolute atomic E-state index is 3.26. The summed E-state index contributed by atoms with van der Waals surface area (Å²) in [6.45, 7) is 0. The maximum atomic E-state index is 3.26. The van der Waals surface area contributed by atoms with Crippen molar-refractivity contribution >= 4 is 5.69 Å². The Kier molecular flexibility index (Phi) is 2.23. The molecule has 0 unspecified atom stereocenters. The van der Waals surface area contributed by atoms with Gasteiger partial charge in [-0.15, -0.1) is 0 Å². The second-order valence-corrected chi connectivity index (χ2v) is 3.34. The van der Waals surface area contributed by atoms with E-state index in [1.807, 2.05) is 19.2 Å². The Morgan fingerprint density at radius 1 is 1.31 bits per heavy atom. The lowest BCUT2D eigenvalue weighted by Gasteiger charge is -2.01. The van der Waals surface area contributed by atoms with Crippen LogP contribution in [0.15, 0.2) is 24.3 Å². The number of hydrogen-bond acceptors (Lipinski definition) is 1. The number of benzene rings is 1. The van der Waals surface area contributed by atoms with Crippen molar-refractivity contribution in [1.29, 1.82) is 0 Å². The van der Waals surface area contributed by atoms with Crippen LogP contribution in [-0.2, 0) is 0 Å². The molecule has 2 rings (SSSR count). The zero-order valence-electron chi connectivity index (χ0n) is 7.80. The third-order valence-electron chi connectivity index (χ3n) is 2.18. The fraction of sp³-hybridized carbons (Fsp3) is 0.333. The van der Waals surface area contributed by atoms with Gasteiger partial charge in [-0.05, 0) is 25.0 Å². The van der Waals surface area contributed by atoms with Crippen LogP contribution in [0, 0.1) is 17.8 Å². The Balaban J connectivity index is 2.23. The van der Waals surface area contributed by atoms with Crippen molar-refractivity contribution in [1.82, 2.24) is 0 Å². The van der Waals surface area contributed by atoms with Gasteiger partial charge in [-0.3, -0.25) is 0 Å². The molecule has 1 nitrogen and oxygen atoms in total. The third-order valence-corrected chi connectivity index (χ3v) is 2.18. The number of para-hydroxylation sites is 1. The summed E-state index contributed by atoms with van der Waals surface area (Å²) in [5.74, 6) is 7.14. The standard InChI is InChI=1S/C12H13N/c1-13-12-5-3-2-4-11(12)9-8-10-6-7-10/h2-5,10,13H,6-7H2,1H3. The molecule has 0 atom stereocenters. The molecule has 0 aliphatic heterocycles. The SMILES string of the molecule is CNc1ccccc1C#CC1CC1. The summed E-state index contributed by atoms with van der Waals surface area (Å²) in [6.07, 6.45) is 2.57. The molecule has 0 aromatic heterocycles. The van der Waals surface area contributed by atoms with Crippen molar-refractivity contribution in [3.8, 4) is 11.8 Å². The van der Waals surface area contributed by atoms with Gasteiger partial charge in [0.15, 0.2) is 0 Å². The highest BCUT2D eigenvalue weighted by molar-refractivity contribution is 5.58. The molecule has 0 heterocycles. The number of hydrogen-bond donors (Lipinski definition) is 1. The highest BCUT2D eigenvalue weighted by atomic mass is 14.8. The molecule has 0 radical (unpaired) electrons. The van der Waals surface area contributed by atoms with Crippen LogP contribution in [0.3, 0.4) is 0 Å². The van der Waals surface area contributed by atoms with E-state index in [4.69, 9.17) is 0 Å². The van der Waals surface area contributed by atoms with Gasteiger partial charge in [-0.2, -0.15) is 0 Å².